The number of rotatable bonds is 2. The number of allylic oxidation sites excluding steroid dienone is 3. The van der Waals surface area contributed by atoms with Gasteiger partial charge in [0.15, 0.2) is 0 Å². The third-order valence-electron chi connectivity index (χ3n) is 5.10. The Balaban J connectivity index is 1.68. The number of hydrogen-bond acceptors (Lipinski definition) is 2. The molecule has 4 nitrogen and oxygen atoms in total. The van der Waals surface area contributed by atoms with E-state index >= 15 is 0 Å². The van der Waals surface area contributed by atoms with E-state index in [0.29, 0.717) is 24.7 Å². The minimum Gasteiger partial charge on any atom is -0.349 e. The van der Waals surface area contributed by atoms with Crippen LogP contribution in [0.15, 0.2) is 23.8 Å². The summed E-state index contributed by atoms with van der Waals surface area (Å²) in [6, 6.07) is 0.0664. The summed E-state index contributed by atoms with van der Waals surface area (Å²) in [5, 5.41) is 16.7. The fraction of sp³-hybridized carbons (Fsp3) is 0.706. The van der Waals surface area contributed by atoms with Gasteiger partial charge in [0.1, 0.15) is 0 Å². The van der Waals surface area contributed by atoms with Gasteiger partial charge in [-0.25, -0.2) is 0 Å². The number of fused-ring (bicyclic) bond motifs is 2. The molecular formula is C17H25N2O2. The Kier molecular flexibility index (Phi) is 3.30. The summed E-state index contributed by atoms with van der Waals surface area (Å²) >= 11 is 0. The molecular weight excluding hydrogens is 264 g/mol. The van der Waals surface area contributed by atoms with Crippen LogP contribution in [0.4, 0.5) is 0 Å². The fourth-order valence-electron chi connectivity index (χ4n) is 4.31. The summed E-state index contributed by atoms with van der Waals surface area (Å²) in [5.41, 5.74) is 0.0355. The second-order valence-electron chi connectivity index (χ2n) is 8.01. The molecule has 1 N–H and O–H groups in total. The van der Waals surface area contributed by atoms with Crippen molar-refractivity contribution in [2.75, 3.05) is 0 Å². The van der Waals surface area contributed by atoms with Crippen molar-refractivity contribution < 1.29 is 10.0 Å². The minimum atomic E-state index is -0.442. The van der Waals surface area contributed by atoms with E-state index in [0.717, 1.165) is 12.0 Å². The molecule has 1 heterocycles. The largest absolute Gasteiger partial charge is 0.349 e. The van der Waals surface area contributed by atoms with E-state index < -0.39 is 11.1 Å². The molecule has 0 aromatic heterocycles. The van der Waals surface area contributed by atoms with Crippen LogP contribution in [0.1, 0.15) is 47.0 Å². The van der Waals surface area contributed by atoms with Crippen molar-refractivity contribution in [3.63, 3.8) is 0 Å². The molecule has 1 fully saturated rings. The average Bonchev–Trinajstić information content (AvgIpc) is 2.97. The van der Waals surface area contributed by atoms with E-state index in [4.69, 9.17) is 0 Å². The van der Waals surface area contributed by atoms with Crippen LogP contribution in [0.3, 0.4) is 0 Å². The zero-order chi connectivity index (χ0) is 15.4. The Bertz CT molecular complexity index is 501. The summed E-state index contributed by atoms with van der Waals surface area (Å²) in [4.78, 5) is 12.5. The molecule has 2 bridgehead atoms. The predicted octanol–water partition coefficient (Wildman–Crippen LogP) is 2.60. The molecule has 3 aliphatic rings. The SMILES string of the molecule is CC1(C)CC(NC(=O)C2=CC3C=CC2C3)CC(C)(C)N1[O]. The van der Waals surface area contributed by atoms with Gasteiger partial charge < -0.3 is 5.32 Å². The molecule has 21 heavy (non-hydrogen) atoms. The number of carbonyl (C=O) groups excluding carboxylic acids is 1. The quantitative estimate of drug-likeness (QED) is 0.794. The molecule has 2 aliphatic carbocycles. The second kappa shape index (κ2) is 4.68. The average molecular weight is 289 g/mol. The zero-order valence-corrected chi connectivity index (χ0v) is 13.3. The van der Waals surface area contributed by atoms with Crippen LogP contribution >= 0.6 is 0 Å². The highest BCUT2D eigenvalue weighted by Gasteiger charge is 2.46. The van der Waals surface area contributed by atoms with Crippen LogP contribution in [-0.4, -0.2) is 28.1 Å². The summed E-state index contributed by atoms with van der Waals surface area (Å²) < 4.78 is 0. The van der Waals surface area contributed by atoms with Gasteiger partial charge in [0.25, 0.3) is 0 Å². The summed E-state index contributed by atoms with van der Waals surface area (Å²) in [5.74, 6) is 0.811. The molecule has 1 radical (unpaired) electrons. The molecule has 3 rings (SSSR count). The highest BCUT2D eigenvalue weighted by atomic mass is 16.5. The Hall–Kier alpha value is -1.13. The van der Waals surface area contributed by atoms with Crippen molar-refractivity contribution in [1.29, 1.82) is 0 Å². The molecule has 0 aromatic carbocycles. The van der Waals surface area contributed by atoms with Gasteiger partial charge in [-0.05, 0) is 52.9 Å². The molecule has 2 unspecified atom stereocenters. The van der Waals surface area contributed by atoms with Crippen LogP contribution < -0.4 is 5.32 Å². The van der Waals surface area contributed by atoms with Gasteiger partial charge in [-0.2, -0.15) is 0 Å². The highest BCUT2D eigenvalue weighted by molar-refractivity contribution is 5.95. The molecule has 0 aromatic rings. The smallest absolute Gasteiger partial charge is 0.247 e. The number of nitrogens with zero attached hydrogens (tertiary/aromatic N) is 1. The summed E-state index contributed by atoms with van der Waals surface area (Å²) in [6.07, 6.45) is 8.88. The van der Waals surface area contributed by atoms with Crippen LogP contribution in [0, 0.1) is 11.8 Å². The van der Waals surface area contributed by atoms with E-state index in [1.54, 1.807) is 0 Å². The lowest BCUT2D eigenvalue weighted by Crippen LogP contribution is -2.62. The molecule has 115 valence electrons. The first kappa shape index (κ1) is 14.8. The topological polar surface area (TPSA) is 52.2 Å². The fourth-order valence-corrected chi connectivity index (χ4v) is 4.31. The number of carbonyl (C=O) groups is 1. The van der Waals surface area contributed by atoms with Crippen molar-refractivity contribution >= 4 is 5.91 Å². The molecule has 1 saturated heterocycles. The van der Waals surface area contributed by atoms with Gasteiger partial charge in [0.05, 0.1) is 0 Å². The van der Waals surface area contributed by atoms with E-state index in [1.165, 1.54) is 5.06 Å². The third-order valence-corrected chi connectivity index (χ3v) is 5.10. The lowest BCUT2D eigenvalue weighted by molar-refractivity contribution is -0.289. The van der Waals surface area contributed by atoms with Gasteiger partial charge in [-0.3, -0.25) is 4.79 Å². The van der Waals surface area contributed by atoms with Crippen LogP contribution in [0.25, 0.3) is 0 Å². The third kappa shape index (κ3) is 2.55. The number of hydrogen-bond donors (Lipinski definition) is 1. The Morgan fingerprint density at radius 1 is 1.19 bits per heavy atom. The highest BCUT2D eigenvalue weighted by Crippen LogP contribution is 2.40. The Labute approximate surface area is 126 Å². The summed E-state index contributed by atoms with van der Waals surface area (Å²) in [6.45, 7) is 7.83. The van der Waals surface area contributed by atoms with Crippen LogP contribution in [0.2, 0.25) is 0 Å². The first-order valence-electron chi connectivity index (χ1n) is 7.87. The molecule has 2 atom stereocenters. The second-order valence-corrected chi connectivity index (χ2v) is 8.01. The monoisotopic (exact) mass is 289 g/mol. The maximum atomic E-state index is 12.5. The van der Waals surface area contributed by atoms with E-state index in [-0.39, 0.29) is 11.9 Å². The summed E-state index contributed by atoms with van der Waals surface area (Å²) in [7, 11) is 0. The number of hydroxylamine groups is 2. The van der Waals surface area contributed by atoms with Crippen molar-refractivity contribution in [2.45, 2.75) is 64.1 Å². The van der Waals surface area contributed by atoms with Gasteiger partial charge >= 0.3 is 0 Å². The van der Waals surface area contributed by atoms with Crippen molar-refractivity contribution in [3.8, 4) is 0 Å². The van der Waals surface area contributed by atoms with Crippen molar-refractivity contribution in [3.05, 3.63) is 23.8 Å². The number of nitrogens with one attached hydrogen (secondary N) is 1. The van der Waals surface area contributed by atoms with Gasteiger partial charge in [0, 0.05) is 28.6 Å². The van der Waals surface area contributed by atoms with Crippen LogP contribution in [-0.2, 0) is 10.0 Å². The van der Waals surface area contributed by atoms with E-state index in [2.05, 4.69) is 23.5 Å². The molecule has 0 saturated carbocycles. The normalized spacial score (nSPS) is 34.0. The van der Waals surface area contributed by atoms with Crippen molar-refractivity contribution in [2.24, 2.45) is 11.8 Å². The van der Waals surface area contributed by atoms with E-state index in [9.17, 15) is 10.0 Å². The van der Waals surface area contributed by atoms with Crippen molar-refractivity contribution in [1.82, 2.24) is 10.4 Å². The molecule has 4 heteroatoms. The van der Waals surface area contributed by atoms with Crippen LogP contribution in [0.5, 0.6) is 0 Å². The van der Waals surface area contributed by atoms with Gasteiger partial charge in [0.2, 0.25) is 5.91 Å². The minimum absolute atomic E-state index is 0.0581. The standard InChI is InChI=1S/C17H25N2O2/c1-16(2)9-13(10-17(3,4)19(16)21)18-15(20)14-8-11-5-6-12(14)7-11/h5-6,8,11-13H,7,9-10H2,1-4H3,(H,18,20). The maximum Gasteiger partial charge on any atom is 0.247 e. The first-order chi connectivity index (χ1) is 9.69. The lowest BCUT2D eigenvalue weighted by atomic mass is 9.79. The number of amides is 1. The van der Waals surface area contributed by atoms with E-state index in [1.807, 2.05) is 27.7 Å². The first-order valence-corrected chi connectivity index (χ1v) is 7.87. The maximum absolute atomic E-state index is 12.5. The molecule has 0 spiro atoms. The predicted molar refractivity (Wildman–Crippen MR) is 80.7 cm³/mol. The number of piperidine rings is 1. The molecule has 1 aliphatic heterocycles. The zero-order valence-electron chi connectivity index (χ0n) is 13.3. The van der Waals surface area contributed by atoms with Gasteiger partial charge in [-0.1, -0.05) is 18.2 Å². The van der Waals surface area contributed by atoms with Gasteiger partial charge in [-0.15, -0.1) is 10.3 Å². The molecule has 1 amide bonds. The Morgan fingerprint density at radius 3 is 2.29 bits per heavy atom. The Morgan fingerprint density at radius 2 is 1.81 bits per heavy atom. The lowest BCUT2D eigenvalue weighted by Gasteiger charge is -2.50.